The van der Waals surface area contributed by atoms with Crippen molar-refractivity contribution in [2.75, 3.05) is 30.8 Å². The molecule has 0 radical (unpaired) electrons. The minimum atomic E-state index is -0.644. The number of nitrogens with one attached hydrogen (secondary N) is 1. The van der Waals surface area contributed by atoms with E-state index in [1.54, 1.807) is 12.1 Å². The number of anilines is 2. The topological polar surface area (TPSA) is 170 Å². The van der Waals surface area contributed by atoms with Crippen LogP contribution < -0.4 is 16.1 Å². The van der Waals surface area contributed by atoms with Crippen molar-refractivity contribution in [2.45, 2.75) is 20.5 Å². The van der Waals surface area contributed by atoms with Gasteiger partial charge in [0.1, 0.15) is 11.4 Å². The fourth-order valence-corrected chi connectivity index (χ4v) is 2.90. The van der Waals surface area contributed by atoms with Gasteiger partial charge in [0.05, 0.1) is 12.8 Å². The molecule has 0 fully saturated rings. The summed E-state index contributed by atoms with van der Waals surface area (Å²) in [6.45, 7) is 5.72. The summed E-state index contributed by atoms with van der Waals surface area (Å²) in [5.41, 5.74) is 9.63. The Bertz CT molecular complexity index is 1070. The highest BCUT2D eigenvalue weighted by Crippen LogP contribution is 2.23. The van der Waals surface area contributed by atoms with Crippen LogP contribution in [0.2, 0.25) is 0 Å². The smallest absolute Gasteiger partial charge is 0.292 e. The first kappa shape index (κ1) is 21.7. The van der Waals surface area contributed by atoms with Gasteiger partial charge in [-0.2, -0.15) is 9.78 Å². The van der Waals surface area contributed by atoms with E-state index in [4.69, 9.17) is 10.5 Å². The number of phenolic OH excluding ortho intramolecular Hbond substituents is 1. The largest absolute Gasteiger partial charge is 0.507 e. The molecule has 0 saturated carbocycles. The average molecular weight is 429 g/mol. The Morgan fingerprint density at radius 1 is 1.39 bits per heavy atom. The normalized spacial score (nSPS) is 11.2. The van der Waals surface area contributed by atoms with Crippen LogP contribution >= 0.6 is 0 Å². The number of nitrogen functional groups attached to an aromatic ring is 1. The van der Waals surface area contributed by atoms with Crippen LogP contribution in [-0.2, 0) is 11.3 Å². The number of hydrogen-bond acceptors (Lipinski definition) is 11. The summed E-state index contributed by atoms with van der Waals surface area (Å²) in [6, 6.07) is 5.22. The van der Waals surface area contributed by atoms with Gasteiger partial charge in [-0.25, -0.2) is 10.1 Å². The van der Waals surface area contributed by atoms with Gasteiger partial charge < -0.3 is 20.5 Å². The Hall–Kier alpha value is -4.00. The number of aromatic hydroxyl groups is 1. The van der Waals surface area contributed by atoms with Crippen molar-refractivity contribution in [2.24, 2.45) is 5.10 Å². The molecule has 0 atom stereocenters. The standard InChI is InChI=1S/C18H23N9O4/c1-4-26(5-2)12-7-6-11(14(28)8-12)9-20-22-18(29)15-13(10-30-3)21-25-27(15)17-16(19)23-31-24-17/h6-9,28H,4-5,10H2,1-3H3,(H2,19,23)(H,22,29)/b20-9-. The first-order valence-electron chi connectivity index (χ1n) is 9.43. The summed E-state index contributed by atoms with van der Waals surface area (Å²) in [6.07, 6.45) is 1.33. The molecule has 0 aliphatic rings. The summed E-state index contributed by atoms with van der Waals surface area (Å²) >= 11 is 0. The summed E-state index contributed by atoms with van der Waals surface area (Å²) in [4.78, 5) is 14.9. The molecule has 0 bridgehead atoms. The fourth-order valence-electron chi connectivity index (χ4n) is 2.90. The van der Waals surface area contributed by atoms with Crippen molar-refractivity contribution in [3.05, 3.63) is 35.2 Å². The molecule has 164 valence electrons. The van der Waals surface area contributed by atoms with Crippen LogP contribution in [0.4, 0.5) is 11.5 Å². The molecule has 13 nitrogen and oxygen atoms in total. The second kappa shape index (κ2) is 9.67. The quantitative estimate of drug-likeness (QED) is 0.325. The van der Waals surface area contributed by atoms with E-state index in [1.807, 2.05) is 19.9 Å². The van der Waals surface area contributed by atoms with Crippen LogP contribution in [0.1, 0.15) is 35.6 Å². The highest BCUT2D eigenvalue weighted by Gasteiger charge is 2.24. The first-order valence-corrected chi connectivity index (χ1v) is 9.43. The van der Waals surface area contributed by atoms with Crippen molar-refractivity contribution < 1.29 is 19.3 Å². The number of hydrogen-bond donors (Lipinski definition) is 3. The Morgan fingerprint density at radius 3 is 2.77 bits per heavy atom. The Morgan fingerprint density at radius 2 is 2.16 bits per heavy atom. The van der Waals surface area contributed by atoms with Gasteiger partial charge in [-0.3, -0.25) is 4.79 Å². The van der Waals surface area contributed by atoms with Crippen molar-refractivity contribution >= 4 is 23.6 Å². The lowest BCUT2D eigenvalue weighted by Gasteiger charge is -2.21. The van der Waals surface area contributed by atoms with Gasteiger partial charge in [-0.05, 0) is 36.3 Å². The summed E-state index contributed by atoms with van der Waals surface area (Å²) in [7, 11) is 1.45. The van der Waals surface area contributed by atoms with E-state index < -0.39 is 5.91 Å². The molecule has 2 heterocycles. The number of aromatic nitrogens is 5. The van der Waals surface area contributed by atoms with Gasteiger partial charge in [0.25, 0.3) is 5.91 Å². The highest BCUT2D eigenvalue weighted by atomic mass is 16.6. The second-order valence-corrected chi connectivity index (χ2v) is 6.32. The molecule has 31 heavy (non-hydrogen) atoms. The van der Waals surface area contributed by atoms with Crippen molar-refractivity contribution in [1.29, 1.82) is 0 Å². The van der Waals surface area contributed by atoms with E-state index in [0.717, 1.165) is 23.5 Å². The van der Waals surface area contributed by atoms with E-state index in [-0.39, 0.29) is 35.4 Å². The lowest BCUT2D eigenvalue weighted by molar-refractivity contribution is 0.0941. The summed E-state index contributed by atoms with van der Waals surface area (Å²) in [5, 5.41) is 29.1. The lowest BCUT2D eigenvalue weighted by atomic mass is 10.2. The van der Waals surface area contributed by atoms with Gasteiger partial charge in [0.15, 0.2) is 5.69 Å². The van der Waals surface area contributed by atoms with Crippen molar-refractivity contribution in [3.8, 4) is 11.6 Å². The van der Waals surface area contributed by atoms with Crippen LogP contribution in [0, 0.1) is 0 Å². The van der Waals surface area contributed by atoms with Gasteiger partial charge >= 0.3 is 0 Å². The van der Waals surface area contributed by atoms with E-state index >= 15 is 0 Å². The first-order chi connectivity index (χ1) is 15.0. The average Bonchev–Trinajstić information content (AvgIpc) is 3.36. The zero-order valence-electron chi connectivity index (χ0n) is 17.3. The van der Waals surface area contributed by atoms with Crippen LogP contribution in [0.5, 0.6) is 5.75 Å². The molecule has 1 aromatic carbocycles. The molecule has 1 amide bonds. The van der Waals surface area contributed by atoms with Crippen LogP contribution in [0.3, 0.4) is 0 Å². The van der Waals surface area contributed by atoms with E-state index in [9.17, 15) is 9.90 Å². The number of ether oxygens (including phenoxy) is 1. The molecule has 4 N–H and O–H groups in total. The maximum absolute atomic E-state index is 12.8. The van der Waals surface area contributed by atoms with Crippen molar-refractivity contribution in [3.63, 3.8) is 0 Å². The number of amides is 1. The molecule has 0 saturated heterocycles. The molecule has 13 heteroatoms. The third-order valence-electron chi connectivity index (χ3n) is 4.44. The predicted molar refractivity (Wildman–Crippen MR) is 111 cm³/mol. The van der Waals surface area contributed by atoms with E-state index in [1.165, 1.54) is 13.3 Å². The maximum Gasteiger partial charge on any atom is 0.292 e. The number of rotatable bonds is 9. The molecule has 0 spiro atoms. The minimum Gasteiger partial charge on any atom is -0.507 e. The maximum atomic E-state index is 12.8. The van der Waals surface area contributed by atoms with Crippen LogP contribution in [0.15, 0.2) is 27.9 Å². The number of hydrazone groups is 1. The number of carbonyl (C=O) groups excluding carboxylic acids is 1. The molecular formula is C18H23N9O4. The third kappa shape index (κ3) is 4.61. The van der Waals surface area contributed by atoms with Gasteiger partial charge in [-0.1, -0.05) is 5.21 Å². The Balaban J connectivity index is 1.80. The molecule has 0 unspecified atom stereocenters. The van der Waals surface area contributed by atoms with Gasteiger partial charge in [0.2, 0.25) is 11.6 Å². The predicted octanol–water partition coefficient (Wildman–Crippen LogP) is 0.695. The van der Waals surface area contributed by atoms with Crippen LogP contribution in [-0.4, -0.2) is 62.7 Å². The zero-order valence-corrected chi connectivity index (χ0v) is 17.3. The summed E-state index contributed by atoms with van der Waals surface area (Å²) < 4.78 is 10.7. The molecule has 2 aromatic heterocycles. The van der Waals surface area contributed by atoms with E-state index in [0.29, 0.717) is 5.56 Å². The molecular weight excluding hydrogens is 406 g/mol. The second-order valence-electron chi connectivity index (χ2n) is 6.32. The number of benzene rings is 1. The molecule has 0 aliphatic heterocycles. The zero-order chi connectivity index (χ0) is 22.4. The SMILES string of the molecule is CCN(CC)c1ccc(/C=N\NC(=O)c2c(COC)nnn2-c2nonc2N)c(O)c1. The molecule has 0 aliphatic carbocycles. The lowest BCUT2D eigenvalue weighted by Crippen LogP contribution is -2.23. The van der Waals surface area contributed by atoms with Crippen LogP contribution in [0.25, 0.3) is 5.82 Å². The summed E-state index contributed by atoms with van der Waals surface area (Å²) in [5.74, 6) is -0.663. The monoisotopic (exact) mass is 429 g/mol. The van der Waals surface area contributed by atoms with Crippen molar-refractivity contribution in [1.82, 2.24) is 30.7 Å². The number of phenols is 1. The Labute approximate surface area is 177 Å². The minimum absolute atomic E-state index is 0.00232. The number of methoxy groups -OCH3 is 1. The molecule has 3 rings (SSSR count). The number of nitrogens with zero attached hydrogens (tertiary/aromatic N) is 7. The van der Waals surface area contributed by atoms with Gasteiger partial charge in [0, 0.05) is 37.5 Å². The Kier molecular flexibility index (Phi) is 6.77. The van der Waals surface area contributed by atoms with E-state index in [2.05, 4.69) is 40.7 Å². The number of nitrogens with two attached hydrogens (primary N) is 1. The van der Waals surface area contributed by atoms with Gasteiger partial charge in [-0.15, -0.1) is 5.10 Å². The third-order valence-corrected chi connectivity index (χ3v) is 4.44. The number of carbonyl (C=O) groups is 1. The highest BCUT2D eigenvalue weighted by molar-refractivity contribution is 5.95. The molecule has 3 aromatic rings. The fraction of sp³-hybridized carbons (Fsp3) is 0.333.